The van der Waals surface area contributed by atoms with Gasteiger partial charge in [-0.05, 0) is 108 Å². The van der Waals surface area contributed by atoms with Gasteiger partial charge in [0.15, 0.2) is 0 Å². The van der Waals surface area contributed by atoms with Gasteiger partial charge >= 0.3 is 0 Å². The Bertz CT molecular complexity index is 3160. The standard InChI is InChI=1S/C55H43N/c1-32-17-16-24-40-48(32)49(35-20-6-7-21-37(35)53(40)56-46-27-14-10-18-33(46)34-19-11-15-28-47(34)56)41-31-45-51(39-23-9-13-26-43(39)55(45,4)5)52-36(41)29-30-44-50(52)38-22-8-12-25-42(38)54(44,2)3/h6-16,18-32H,17H2,1-5H3. The van der Waals surface area contributed by atoms with E-state index >= 15 is 0 Å². The molecule has 0 fully saturated rings. The molecule has 12 rings (SSSR count). The van der Waals surface area contributed by atoms with Crippen molar-refractivity contribution >= 4 is 49.4 Å². The van der Waals surface area contributed by atoms with Crippen LogP contribution >= 0.6 is 0 Å². The van der Waals surface area contributed by atoms with Gasteiger partial charge in [0, 0.05) is 32.6 Å². The van der Waals surface area contributed by atoms with E-state index in [1.54, 1.807) is 0 Å². The Labute approximate surface area is 328 Å². The summed E-state index contributed by atoms with van der Waals surface area (Å²) in [5.74, 6) is 0.337. The molecule has 0 saturated heterocycles. The maximum Gasteiger partial charge on any atom is 0.0616 e. The van der Waals surface area contributed by atoms with Crippen LogP contribution < -0.4 is 0 Å². The van der Waals surface area contributed by atoms with Crippen LogP contribution in [0.2, 0.25) is 0 Å². The molecular weight excluding hydrogens is 675 g/mol. The average molecular weight is 718 g/mol. The second-order valence-corrected chi connectivity index (χ2v) is 17.6. The van der Waals surface area contributed by atoms with Crippen LogP contribution in [0.3, 0.4) is 0 Å². The van der Waals surface area contributed by atoms with E-state index in [1.165, 1.54) is 116 Å². The second kappa shape index (κ2) is 11.0. The molecule has 0 radical (unpaired) electrons. The molecule has 3 aliphatic carbocycles. The van der Waals surface area contributed by atoms with Crippen LogP contribution in [0.5, 0.6) is 0 Å². The summed E-state index contributed by atoms with van der Waals surface area (Å²) in [5.41, 5.74) is 20.4. The lowest BCUT2D eigenvalue weighted by molar-refractivity contribution is 0.660. The molecule has 3 aliphatic rings. The van der Waals surface area contributed by atoms with Crippen molar-refractivity contribution in [2.24, 2.45) is 0 Å². The lowest BCUT2D eigenvalue weighted by Crippen LogP contribution is -2.16. The van der Waals surface area contributed by atoms with E-state index in [9.17, 15) is 0 Å². The third-order valence-corrected chi connectivity index (χ3v) is 14.0. The Morgan fingerprint density at radius 2 is 1.02 bits per heavy atom. The van der Waals surface area contributed by atoms with Gasteiger partial charge in [0.05, 0.1) is 16.7 Å². The summed E-state index contributed by atoms with van der Waals surface area (Å²) in [4.78, 5) is 0. The molecule has 0 bridgehead atoms. The lowest BCUT2D eigenvalue weighted by Gasteiger charge is -2.30. The molecule has 0 spiro atoms. The highest BCUT2D eigenvalue weighted by Crippen LogP contribution is 2.60. The first-order valence-corrected chi connectivity index (χ1v) is 20.4. The van der Waals surface area contributed by atoms with E-state index in [4.69, 9.17) is 0 Å². The summed E-state index contributed by atoms with van der Waals surface area (Å²) in [6.07, 6.45) is 5.87. The topological polar surface area (TPSA) is 4.93 Å². The maximum atomic E-state index is 2.61. The lowest BCUT2D eigenvalue weighted by atomic mass is 9.75. The first kappa shape index (κ1) is 32.1. The van der Waals surface area contributed by atoms with Crippen LogP contribution in [0, 0.1) is 0 Å². The van der Waals surface area contributed by atoms with Crippen molar-refractivity contribution < 1.29 is 0 Å². The molecule has 1 heterocycles. The minimum absolute atomic E-state index is 0.0915. The number of hydrogen-bond acceptors (Lipinski definition) is 0. The van der Waals surface area contributed by atoms with E-state index in [0.717, 1.165) is 6.42 Å². The molecule has 1 nitrogen and oxygen atoms in total. The highest BCUT2D eigenvalue weighted by atomic mass is 15.0. The number of fused-ring (bicyclic) bond motifs is 14. The molecule has 0 N–H and O–H groups in total. The molecular formula is C55H43N. The van der Waals surface area contributed by atoms with Crippen molar-refractivity contribution in [1.29, 1.82) is 0 Å². The fourth-order valence-electron chi connectivity index (χ4n) is 11.4. The Morgan fingerprint density at radius 3 is 1.68 bits per heavy atom. The zero-order valence-electron chi connectivity index (χ0n) is 32.7. The summed E-state index contributed by atoms with van der Waals surface area (Å²) in [6, 6.07) is 53.1. The zero-order valence-corrected chi connectivity index (χ0v) is 32.7. The number of rotatable bonds is 2. The molecule has 56 heavy (non-hydrogen) atoms. The SMILES string of the molecule is CC1CC=Cc2c1c(-c1cc3c(c4c5c(ccc14)C(C)(C)c1ccccc1-5)-c1ccccc1C3(C)C)c1ccccc1c2-n1c2ccccc2c2ccccc21. The molecule has 1 heteroatoms. The minimum atomic E-state index is -0.157. The van der Waals surface area contributed by atoms with E-state index in [1.807, 2.05) is 0 Å². The van der Waals surface area contributed by atoms with Gasteiger partial charge in [0.25, 0.3) is 0 Å². The van der Waals surface area contributed by atoms with Crippen molar-refractivity contribution in [3.8, 4) is 39.1 Å². The molecule has 1 atom stereocenters. The predicted octanol–water partition coefficient (Wildman–Crippen LogP) is 14.9. The van der Waals surface area contributed by atoms with Gasteiger partial charge < -0.3 is 4.57 Å². The number of allylic oxidation sites excluding steroid dienone is 1. The van der Waals surface area contributed by atoms with E-state index in [-0.39, 0.29) is 10.8 Å². The van der Waals surface area contributed by atoms with Gasteiger partial charge in [-0.25, -0.2) is 0 Å². The fourth-order valence-corrected chi connectivity index (χ4v) is 11.4. The van der Waals surface area contributed by atoms with Crippen molar-refractivity contribution in [3.63, 3.8) is 0 Å². The highest BCUT2D eigenvalue weighted by molar-refractivity contribution is 6.21. The van der Waals surface area contributed by atoms with Crippen LogP contribution in [0.15, 0.2) is 146 Å². The number of benzene rings is 8. The second-order valence-electron chi connectivity index (χ2n) is 17.6. The summed E-state index contributed by atoms with van der Waals surface area (Å²) < 4.78 is 2.56. The zero-order chi connectivity index (χ0) is 37.7. The summed E-state index contributed by atoms with van der Waals surface area (Å²) in [6.45, 7) is 12.2. The maximum absolute atomic E-state index is 2.61. The Balaban J connectivity index is 1.29. The van der Waals surface area contributed by atoms with Crippen molar-refractivity contribution in [2.75, 3.05) is 0 Å². The molecule has 268 valence electrons. The Kier molecular flexibility index (Phi) is 6.30. The minimum Gasteiger partial charge on any atom is -0.308 e. The van der Waals surface area contributed by atoms with Crippen molar-refractivity contribution in [1.82, 2.24) is 4.57 Å². The molecule has 0 aliphatic heterocycles. The van der Waals surface area contributed by atoms with Gasteiger partial charge in [-0.3, -0.25) is 0 Å². The fraction of sp³-hybridized carbons (Fsp3) is 0.164. The predicted molar refractivity (Wildman–Crippen MR) is 238 cm³/mol. The van der Waals surface area contributed by atoms with Gasteiger partial charge in [-0.1, -0.05) is 168 Å². The average Bonchev–Trinajstić information content (AvgIpc) is 3.77. The largest absolute Gasteiger partial charge is 0.308 e. The number of aromatic nitrogens is 1. The Hall–Kier alpha value is -6.18. The molecule has 8 aromatic carbocycles. The summed E-state index contributed by atoms with van der Waals surface area (Å²) >= 11 is 0. The Morgan fingerprint density at radius 1 is 0.482 bits per heavy atom. The molecule has 1 unspecified atom stereocenters. The van der Waals surface area contributed by atoms with Gasteiger partial charge in [-0.2, -0.15) is 0 Å². The molecule has 0 amide bonds. The summed E-state index contributed by atoms with van der Waals surface area (Å²) in [7, 11) is 0. The van der Waals surface area contributed by atoms with Crippen molar-refractivity contribution in [2.45, 2.75) is 57.8 Å². The van der Waals surface area contributed by atoms with E-state index in [2.05, 4.69) is 191 Å². The van der Waals surface area contributed by atoms with Crippen molar-refractivity contribution in [3.05, 3.63) is 179 Å². The molecule has 1 aromatic heterocycles. The van der Waals surface area contributed by atoms with Gasteiger partial charge in [-0.15, -0.1) is 0 Å². The normalized spacial score (nSPS) is 17.0. The van der Waals surface area contributed by atoms with Gasteiger partial charge in [0.2, 0.25) is 0 Å². The van der Waals surface area contributed by atoms with Gasteiger partial charge in [0.1, 0.15) is 0 Å². The third-order valence-electron chi connectivity index (χ3n) is 14.0. The monoisotopic (exact) mass is 717 g/mol. The third kappa shape index (κ3) is 3.91. The van der Waals surface area contributed by atoms with Crippen LogP contribution in [0.25, 0.3) is 88.5 Å². The smallest absolute Gasteiger partial charge is 0.0616 e. The molecule has 9 aromatic rings. The number of nitrogens with zero attached hydrogens (tertiary/aromatic N) is 1. The van der Waals surface area contributed by atoms with Crippen LogP contribution in [-0.4, -0.2) is 4.57 Å². The van der Waals surface area contributed by atoms with E-state index < -0.39 is 0 Å². The first-order chi connectivity index (χ1) is 27.3. The highest BCUT2D eigenvalue weighted by Gasteiger charge is 2.42. The number of para-hydroxylation sites is 2. The molecule has 0 saturated carbocycles. The van der Waals surface area contributed by atoms with E-state index in [0.29, 0.717) is 5.92 Å². The van der Waals surface area contributed by atoms with Crippen LogP contribution in [0.4, 0.5) is 0 Å². The quantitative estimate of drug-likeness (QED) is 0.168. The van der Waals surface area contributed by atoms with Crippen LogP contribution in [-0.2, 0) is 10.8 Å². The van der Waals surface area contributed by atoms with Crippen LogP contribution in [0.1, 0.15) is 80.3 Å². The number of hydrogen-bond donors (Lipinski definition) is 0. The first-order valence-electron chi connectivity index (χ1n) is 20.4. The summed E-state index contributed by atoms with van der Waals surface area (Å²) in [5, 5.41) is 7.95.